The summed E-state index contributed by atoms with van der Waals surface area (Å²) in [6.07, 6.45) is 2.21. The van der Waals surface area contributed by atoms with E-state index in [1.54, 1.807) is 0 Å². The zero-order chi connectivity index (χ0) is 23.2. The third-order valence-electron chi connectivity index (χ3n) is 5.71. The lowest BCUT2D eigenvalue weighted by Crippen LogP contribution is -2.38. The first-order chi connectivity index (χ1) is 16.8. The third kappa shape index (κ3) is 5.00. The first-order valence-electron chi connectivity index (χ1n) is 11.5. The molecule has 0 aliphatic carbocycles. The largest absolute Gasteiger partial charge is 0.632 e. The van der Waals surface area contributed by atoms with E-state index in [4.69, 9.17) is 14.0 Å². The topological polar surface area (TPSA) is 39.7 Å². The van der Waals surface area contributed by atoms with E-state index >= 15 is 0 Å². The zero-order valence-electron chi connectivity index (χ0n) is 19.1. The van der Waals surface area contributed by atoms with Gasteiger partial charge in [0.15, 0.2) is 0 Å². The smallest absolute Gasteiger partial charge is 0.519 e. The van der Waals surface area contributed by atoms with Gasteiger partial charge in [0.2, 0.25) is 0 Å². The van der Waals surface area contributed by atoms with Gasteiger partial charge in [-0.2, -0.15) is 0 Å². The lowest BCUT2D eigenvalue weighted by atomic mass is 9.78. The molecular weight excluding hydrogens is 421 g/mol. The molecule has 0 saturated heterocycles. The highest BCUT2D eigenvalue weighted by Crippen LogP contribution is 2.33. The van der Waals surface area contributed by atoms with Gasteiger partial charge in [0.05, 0.1) is 0 Å². The predicted octanol–water partition coefficient (Wildman–Crippen LogP) is 5.04. The molecule has 0 radical (unpaired) electrons. The van der Waals surface area contributed by atoms with Gasteiger partial charge in [0, 0.05) is 12.0 Å². The van der Waals surface area contributed by atoms with Gasteiger partial charge in [0.1, 0.15) is 23.9 Å². The van der Waals surface area contributed by atoms with Crippen LogP contribution in [0.4, 0.5) is 0 Å². The van der Waals surface area contributed by atoms with Crippen molar-refractivity contribution in [2.75, 3.05) is 20.2 Å². The second-order valence-electron chi connectivity index (χ2n) is 8.08. The van der Waals surface area contributed by atoms with Crippen LogP contribution in [0.25, 0.3) is 11.6 Å². The van der Waals surface area contributed by atoms with E-state index in [0.717, 1.165) is 51.5 Å². The number of likely N-dealkylation sites (N-methyl/N-ethyl adjacent to an activating group) is 1. The molecule has 5 heteroatoms. The first kappa shape index (κ1) is 21.9. The van der Waals surface area contributed by atoms with Crippen LogP contribution < -0.4 is 24.8 Å². The maximum absolute atomic E-state index is 5.97. The molecule has 0 unspecified atom stereocenters. The van der Waals surface area contributed by atoms with Gasteiger partial charge in [-0.25, -0.2) is 0 Å². The summed E-state index contributed by atoms with van der Waals surface area (Å²) in [5, 5.41) is 3.09. The minimum Gasteiger partial charge on any atom is -0.519 e. The maximum Gasteiger partial charge on any atom is 0.632 e. The van der Waals surface area contributed by atoms with Gasteiger partial charge < -0.3 is 19.4 Å². The molecule has 1 aliphatic heterocycles. The van der Waals surface area contributed by atoms with Crippen molar-refractivity contribution in [2.45, 2.75) is 0 Å². The van der Waals surface area contributed by atoms with Crippen molar-refractivity contribution < 1.29 is 14.0 Å². The highest BCUT2D eigenvalue weighted by atomic mass is 16.6. The Morgan fingerprint density at radius 1 is 0.765 bits per heavy atom. The Balaban J connectivity index is 1.41. The summed E-state index contributed by atoms with van der Waals surface area (Å²) in [7, 11) is 1.49. The van der Waals surface area contributed by atoms with Gasteiger partial charge >= 0.3 is 7.12 Å². The number of para-hydroxylation sites is 2. The zero-order valence-corrected chi connectivity index (χ0v) is 19.1. The van der Waals surface area contributed by atoms with E-state index in [2.05, 4.69) is 72.1 Å². The molecule has 0 atom stereocenters. The van der Waals surface area contributed by atoms with Crippen molar-refractivity contribution in [1.82, 2.24) is 5.32 Å². The van der Waals surface area contributed by atoms with Gasteiger partial charge in [-0.3, -0.25) is 0 Å². The summed E-state index contributed by atoms with van der Waals surface area (Å²) in [6, 6.07) is 34.8. The summed E-state index contributed by atoms with van der Waals surface area (Å²) in [4.78, 5) is 0. The summed E-state index contributed by atoms with van der Waals surface area (Å²) in [6.45, 7) is 1.45. The van der Waals surface area contributed by atoms with Crippen LogP contribution in [0.5, 0.6) is 17.2 Å². The van der Waals surface area contributed by atoms with Crippen LogP contribution in [0, 0.1) is 0 Å². The Morgan fingerprint density at radius 2 is 1.35 bits per heavy atom. The molecule has 4 nitrogen and oxygen atoms in total. The fourth-order valence-electron chi connectivity index (χ4n) is 3.91. The molecule has 0 aromatic heterocycles. The summed E-state index contributed by atoms with van der Waals surface area (Å²) < 4.78 is 17.7. The van der Waals surface area contributed by atoms with Crippen LogP contribution in [-0.4, -0.2) is 27.3 Å². The van der Waals surface area contributed by atoms with Gasteiger partial charge in [-0.05, 0) is 59.7 Å². The fraction of sp³-hybridized carbons (Fsp3) is 0.103. The Kier molecular flexibility index (Phi) is 6.64. The number of fused-ring (bicyclic) bond motifs is 1. The lowest BCUT2D eigenvalue weighted by Gasteiger charge is -2.12. The number of benzene rings is 4. The molecule has 168 valence electrons. The van der Waals surface area contributed by atoms with Gasteiger partial charge in [0.25, 0.3) is 0 Å². The highest BCUT2D eigenvalue weighted by molar-refractivity contribution is 6.63. The minimum absolute atomic E-state index is 0.429. The van der Waals surface area contributed by atoms with Crippen LogP contribution in [0.1, 0.15) is 16.7 Å². The Labute approximate surface area is 201 Å². The normalized spacial score (nSPS) is 12.6. The van der Waals surface area contributed by atoms with Crippen molar-refractivity contribution in [1.29, 1.82) is 0 Å². The van der Waals surface area contributed by atoms with Crippen LogP contribution in [0.3, 0.4) is 0 Å². The van der Waals surface area contributed by atoms with Crippen molar-refractivity contribution in [3.05, 3.63) is 120 Å². The van der Waals surface area contributed by atoms with E-state index in [1.165, 1.54) is 0 Å². The highest BCUT2D eigenvalue weighted by Gasteiger charge is 2.33. The second kappa shape index (κ2) is 10.3. The minimum atomic E-state index is -0.429. The maximum atomic E-state index is 5.97. The molecule has 4 aromatic carbocycles. The molecule has 1 heterocycles. The fourth-order valence-corrected chi connectivity index (χ4v) is 3.91. The van der Waals surface area contributed by atoms with Crippen molar-refractivity contribution in [2.24, 2.45) is 0 Å². The van der Waals surface area contributed by atoms with Crippen LogP contribution in [0.2, 0.25) is 0 Å². The average molecular weight is 447 g/mol. The number of hydrogen-bond donors (Lipinski definition) is 1. The number of nitrogens with one attached hydrogen (secondary N) is 1. The molecule has 4 aromatic rings. The lowest BCUT2D eigenvalue weighted by molar-refractivity contribution is 0.318. The molecule has 34 heavy (non-hydrogen) atoms. The van der Waals surface area contributed by atoms with Crippen LogP contribution in [-0.2, 0) is 0 Å². The summed E-state index contributed by atoms with van der Waals surface area (Å²) in [5.41, 5.74) is 5.50. The van der Waals surface area contributed by atoms with Gasteiger partial charge in [-0.15, -0.1) is 0 Å². The number of ether oxygens (including phenoxy) is 1. The molecule has 0 saturated carbocycles. The third-order valence-corrected chi connectivity index (χ3v) is 5.71. The van der Waals surface area contributed by atoms with E-state index in [9.17, 15) is 0 Å². The molecular formula is C29H26BNO3. The molecule has 1 aliphatic rings. The number of hydrogen-bond acceptors (Lipinski definition) is 4. The monoisotopic (exact) mass is 447 g/mol. The summed E-state index contributed by atoms with van der Waals surface area (Å²) in [5.74, 6) is 2.42. The second-order valence-corrected chi connectivity index (χ2v) is 8.08. The quantitative estimate of drug-likeness (QED) is 0.233. The van der Waals surface area contributed by atoms with Crippen molar-refractivity contribution in [3.8, 4) is 17.2 Å². The van der Waals surface area contributed by atoms with E-state index < -0.39 is 7.12 Å². The van der Waals surface area contributed by atoms with Crippen LogP contribution in [0.15, 0.2) is 103 Å². The first-order valence-corrected chi connectivity index (χ1v) is 11.5. The molecule has 1 N–H and O–H groups in total. The Bertz CT molecular complexity index is 1230. The van der Waals surface area contributed by atoms with E-state index in [-0.39, 0.29) is 0 Å². The van der Waals surface area contributed by atoms with Gasteiger partial charge in [-0.1, -0.05) is 78.9 Å². The SMILES string of the molecule is CNCCOc1ccc(C(=Cc2ccccc2)c2ccc(B3Oc4ccccc4O3)cc2)cc1. The Hall–Kier alpha value is -3.96. The predicted molar refractivity (Wildman–Crippen MR) is 139 cm³/mol. The standard InChI is InChI=1S/C29H26BNO3/c1-31-19-20-32-26-17-13-24(14-18-26)27(21-22-7-3-2-4-8-22)23-11-15-25(16-12-23)30-33-28-9-5-6-10-29(28)34-30/h2-18,21,31H,19-20H2,1H3. The molecule has 5 rings (SSSR count). The molecule has 0 spiro atoms. The Morgan fingerprint density at radius 3 is 1.97 bits per heavy atom. The molecule has 0 amide bonds. The van der Waals surface area contributed by atoms with Crippen LogP contribution >= 0.6 is 0 Å². The summed E-state index contributed by atoms with van der Waals surface area (Å²) >= 11 is 0. The van der Waals surface area contributed by atoms with Crippen molar-refractivity contribution >= 4 is 24.2 Å². The number of rotatable bonds is 8. The molecule has 0 fully saturated rings. The average Bonchev–Trinajstić information content (AvgIpc) is 3.33. The van der Waals surface area contributed by atoms with E-state index in [1.807, 2.05) is 49.5 Å². The molecule has 0 bridgehead atoms. The van der Waals surface area contributed by atoms with Crippen molar-refractivity contribution in [3.63, 3.8) is 0 Å². The van der Waals surface area contributed by atoms with E-state index in [0.29, 0.717) is 6.61 Å².